The highest BCUT2D eigenvalue weighted by molar-refractivity contribution is 5.76. The molecule has 1 amide bonds. The second-order valence-corrected chi connectivity index (χ2v) is 7.46. The van der Waals surface area contributed by atoms with Crippen molar-refractivity contribution in [2.75, 3.05) is 20.8 Å². The molecule has 0 bridgehead atoms. The predicted octanol–water partition coefficient (Wildman–Crippen LogP) is 3.93. The Morgan fingerprint density at radius 1 is 1.03 bits per heavy atom. The van der Waals surface area contributed by atoms with Crippen LogP contribution in [-0.2, 0) is 24.3 Å². The number of amides is 1. The van der Waals surface area contributed by atoms with Crippen molar-refractivity contribution in [1.29, 1.82) is 0 Å². The Hall–Kier alpha value is -3.28. The third-order valence-corrected chi connectivity index (χ3v) is 5.53. The lowest BCUT2D eigenvalue weighted by atomic mass is 10.1. The minimum Gasteiger partial charge on any atom is -0.497 e. The SMILES string of the molecule is COc1cccc(-c2cc3n(n2)CCCN(C(=O)CCc2ccccc2OC)C3)c1. The highest BCUT2D eigenvalue weighted by Crippen LogP contribution is 2.26. The van der Waals surface area contributed by atoms with Gasteiger partial charge in [-0.1, -0.05) is 30.3 Å². The van der Waals surface area contributed by atoms with Gasteiger partial charge in [-0.3, -0.25) is 9.48 Å². The number of carbonyl (C=O) groups is 1. The van der Waals surface area contributed by atoms with Crippen LogP contribution in [0, 0.1) is 0 Å². The van der Waals surface area contributed by atoms with Gasteiger partial charge >= 0.3 is 0 Å². The first kappa shape index (κ1) is 20.0. The number of hydrogen-bond acceptors (Lipinski definition) is 4. The van der Waals surface area contributed by atoms with Crippen molar-refractivity contribution in [3.05, 3.63) is 65.9 Å². The molecule has 1 aromatic heterocycles. The van der Waals surface area contributed by atoms with Crippen molar-refractivity contribution in [2.45, 2.75) is 32.4 Å². The summed E-state index contributed by atoms with van der Waals surface area (Å²) >= 11 is 0. The van der Waals surface area contributed by atoms with E-state index in [0.29, 0.717) is 19.4 Å². The molecule has 0 spiro atoms. The molecule has 2 aromatic carbocycles. The Labute approximate surface area is 177 Å². The molecule has 6 heteroatoms. The van der Waals surface area contributed by atoms with Crippen molar-refractivity contribution in [3.8, 4) is 22.8 Å². The van der Waals surface area contributed by atoms with E-state index in [1.54, 1.807) is 14.2 Å². The zero-order valence-corrected chi connectivity index (χ0v) is 17.5. The molecule has 156 valence electrons. The van der Waals surface area contributed by atoms with Gasteiger partial charge in [-0.25, -0.2) is 0 Å². The molecule has 0 unspecified atom stereocenters. The highest BCUT2D eigenvalue weighted by Gasteiger charge is 2.21. The van der Waals surface area contributed by atoms with Crippen molar-refractivity contribution in [1.82, 2.24) is 14.7 Å². The first-order valence-corrected chi connectivity index (χ1v) is 10.3. The van der Waals surface area contributed by atoms with Crippen LogP contribution in [0.3, 0.4) is 0 Å². The fraction of sp³-hybridized carbons (Fsp3) is 0.333. The van der Waals surface area contributed by atoms with Gasteiger partial charge in [0.1, 0.15) is 11.5 Å². The summed E-state index contributed by atoms with van der Waals surface area (Å²) in [5, 5.41) is 4.77. The Kier molecular flexibility index (Phi) is 6.02. The summed E-state index contributed by atoms with van der Waals surface area (Å²) in [5.74, 6) is 1.81. The van der Waals surface area contributed by atoms with Crippen molar-refractivity contribution >= 4 is 5.91 Å². The third-order valence-electron chi connectivity index (χ3n) is 5.53. The van der Waals surface area contributed by atoms with E-state index in [0.717, 1.165) is 53.5 Å². The molecule has 0 fully saturated rings. The molecule has 0 atom stereocenters. The van der Waals surface area contributed by atoms with Gasteiger partial charge in [0.05, 0.1) is 32.2 Å². The molecular formula is C24H27N3O3. The average molecular weight is 405 g/mol. The number of aromatic nitrogens is 2. The molecule has 0 saturated carbocycles. The molecule has 0 radical (unpaired) electrons. The molecule has 4 rings (SSSR count). The van der Waals surface area contributed by atoms with Gasteiger partial charge in [0, 0.05) is 25.1 Å². The second-order valence-electron chi connectivity index (χ2n) is 7.46. The maximum absolute atomic E-state index is 12.9. The predicted molar refractivity (Wildman–Crippen MR) is 116 cm³/mol. The van der Waals surface area contributed by atoms with Crippen LogP contribution >= 0.6 is 0 Å². The van der Waals surface area contributed by atoms with E-state index in [1.165, 1.54) is 0 Å². The quantitative estimate of drug-likeness (QED) is 0.624. The molecule has 30 heavy (non-hydrogen) atoms. The Bertz CT molecular complexity index is 1030. The highest BCUT2D eigenvalue weighted by atomic mass is 16.5. The number of aryl methyl sites for hydroxylation is 2. The summed E-state index contributed by atoms with van der Waals surface area (Å²) in [5.41, 5.74) is 4.06. The Balaban J connectivity index is 1.46. The molecule has 1 aliphatic heterocycles. The van der Waals surface area contributed by atoms with Crippen LogP contribution in [0.2, 0.25) is 0 Å². The lowest BCUT2D eigenvalue weighted by molar-refractivity contribution is -0.131. The van der Waals surface area contributed by atoms with E-state index in [9.17, 15) is 4.79 Å². The van der Waals surface area contributed by atoms with Crippen molar-refractivity contribution in [2.24, 2.45) is 0 Å². The maximum Gasteiger partial charge on any atom is 0.223 e. The summed E-state index contributed by atoms with van der Waals surface area (Å²) < 4.78 is 12.8. The maximum atomic E-state index is 12.9. The van der Waals surface area contributed by atoms with Crippen LogP contribution < -0.4 is 9.47 Å². The number of methoxy groups -OCH3 is 2. The minimum atomic E-state index is 0.165. The number of nitrogens with zero attached hydrogens (tertiary/aromatic N) is 3. The molecular weight excluding hydrogens is 378 g/mol. The van der Waals surface area contributed by atoms with Gasteiger partial charge in [0.2, 0.25) is 5.91 Å². The number of benzene rings is 2. The average Bonchev–Trinajstić information content (AvgIpc) is 3.09. The second kappa shape index (κ2) is 9.03. The molecule has 2 heterocycles. The van der Waals surface area contributed by atoms with Gasteiger partial charge in [-0.05, 0) is 42.7 Å². The van der Waals surface area contributed by atoms with Gasteiger partial charge < -0.3 is 14.4 Å². The molecule has 0 N–H and O–H groups in total. The van der Waals surface area contributed by atoms with Crippen LogP contribution in [0.5, 0.6) is 11.5 Å². The fourth-order valence-electron chi connectivity index (χ4n) is 3.91. The van der Waals surface area contributed by atoms with Gasteiger partial charge in [0.25, 0.3) is 0 Å². The van der Waals surface area contributed by atoms with Gasteiger partial charge in [0.15, 0.2) is 0 Å². The standard InChI is InChI=1S/C24H27N3O3/c1-29-21-9-5-8-19(15-21)22-16-20-17-26(13-6-14-27(20)25-22)24(28)12-11-18-7-3-4-10-23(18)30-2/h3-5,7-10,15-16H,6,11-14,17H2,1-2H3. The number of hydrogen-bond donors (Lipinski definition) is 0. The molecule has 0 saturated heterocycles. The van der Waals surface area contributed by atoms with Gasteiger partial charge in [-0.2, -0.15) is 5.10 Å². The Morgan fingerprint density at radius 2 is 1.90 bits per heavy atom. The number of para-hydroxylation sites is 1. The zero-order chi connectivity index (χ0) is 20.9. The largest absolute Gasteiger partial charge is 0.497 e. The summed E-state index contributed by atoms with van der Waals surface area (Å²) in [6.45, 7) is 2.15. The lowest BCUT2D eigenvalue weighted by Gasteiger charge is -2.20. The number of ether oxygens (including phenoxy) is 2. The number of fused-ring (bicyclic) bond motifs is 1. The van der Waals surface area contributed by atoms with E-state index < -0.39 is 0 Å². The molecule has 3 aromatic rings. The molecule has 0 aliphatic carbocycles. The lowest BCUT2D eigenvalue weighted by Crippen LogP contribution is -2.30. The van der Waals surface area contributed by atoms with Gasteiger partial charge in [-0.15, -0.1) is 0 Å². The van der Waals surface area contributed by atoms with Crippen LogP contribution in [-0.4, -0.2) is 41.4 Å². The van der Waals surface area contributed by atoms with E-state index in [-0.39, 0.29) is 5.91 Å². The number of rotatable bonds is 6. The summed E-state index contributed by atoms with van der Waals surface area (Å²) in [6, 6.07) is 17.9. The van der Waals surface area contributed by atoms with Crippen LogP contribution in [0.1, 0.15) is 24.1 Å². The topological polar surface area (TPSA) is 56.6 Å². The van der Waals surface area contributed by atoms with Crippen LogP contribution in [0.4, 0.5) is 0 Å². The van der Waals surface area contributed by atoms with E-state index in [4.69, 9.17) is 14.6 Å². The van der Waals surface area contributed by atoms with Crippen LogP contribution in [0.25, 0.3) is 11.3 Å². The third kappa shape index (κ3) is 4.32. The van der Waals surface area contributed by atoms with Crippen molar-refractivity contribution < 1.29 is 14.3 Å². The fourth-order valence-corrected chi connectivity index (χ4v) is 3.91. The summed E-state index contributed by atoms with van der Waals surface area (Å²) in [6.07, 6.45) is 2.04. The van der Waals surface area contributed by atoms with Crippen molar-refractivity contribution in [3.63, 3.8) is 0 Å². The number of carbonyl (C=O) groups excluding carboxylic acids is 1. The van der Waals surface area contributed by atoms with E-state index >= 15 is 0 Å². The summed E-state index contributed by atoms with van der Waals surface area (Å²) in [4.78, 5) is 14.9. The van der Waals surface area contributed by atoms with E-state index in [1.807, 2.05) is 58.1 Å². The minimum absolute atomic E-state index is 0.165. The first-order valence-electron chi connectivity index (χ1n) is 10.3. The first-order chi connectivity index (χ1) is 14.7. The normalized spacial score (nSPS) is 13.5. The van der Waals surface area contributed by atoms with E-state index in [2.05, 4.69) is 6.07 Å². The van der Waals surface area contributed by atoms with Crippen LogP contribution in [0.15, 0.2) is 54.6 Å². The molecule has 1 aliphatic rings. The molecule has 6 nitrogen and oxygen atoms in total. The summed E-state index contributed by atoms with van der Waals surface area (Å²) in [7, 11) is 3.33. The smallest absolute Gasteiger partial charge is 0.223 e. The zero-order valence-electron chi connectivity index (χ0n) is 17.5. The monoisotopic (exact) mass is 405 g/mol. The Morgan fingerprint density at radius 3 is 2.73 bits per heavy atom.